The number of rotatable bonds is 9. The molecule has 3 aromatic rings. The first-order valence-corrected chi connectivity index (χ1v) is 12.1. The first-order chi connectivity index (χ1) is 17.0. The smallest absolute Gasteiger partial charge is 0.248 e. The van der Waals surface area contributed by atoms with Crippen LogP contribution in [0.4, 0.5) is 5.69 Å². The number of likely N-dealkylation sites (tertiary alicyclic amines) is 1. The fourth-order valence-corrected chi connectivity index (χ4v) is 4.60. The number of nitrogens with two attached hydrogens (primary N) is 1. The minimum Gasteiger partial charge on any atom is -0.369 e. The molecule has 7 heteroatoms. The molecule has 1 aromatic heterocycles. The maximum absolute atomic E-state index is 12.5. The largest absolute Gasteiger partial charge is 0.369 e. The number of carbonyl (C=O) groups excluding carboxylic acids is 2. The highest BCUT2D eigenvalue weighted by molar-refractivity contribution is 6.03. The van der Waals surface area contributed by atoms with Gasteiger partial charge in [-0.05, 0) is 62.2 Å². The summed E-state index contributed by atoms with van der Waals surface area (Å²) in [5.41, 5.74) is 9.37. The average molecular weight is 470 g/mol. The van der Waals surface area contributed by atoms with E-state index in [1.807, 2.05) is 60.8 Å². The van der Waals surface area contributed by atoms with Crippen molar-refractivity contribution in [3.8, 4) is 6.07 Å². The first kappa shape index (κ1) is 24.2. The fourth-order valence-electron chi connectivity index (χ4n) is 4.60. The van der Waals surface area contributed by atoms with E-state index in [0.29, 0.717) is 13.0 Å². The molecule has 1 aliphatic heterocycles. The number of amides is 2. The zero-order chi connectivity index (χ0) is 24.6. The van der Waals surface area contributed by atoms with Crippen molar-refractivity contribution in [1.29, 1.82) is 5.26 Å². The highest BCUT2D eigenvalue weighted by atomic mass is 16.1. The Morgan fingerprint density at radius 2 is 1.83 bits per heavy atom. The van der Waals surface area contributed by atoms with E-state index in [1.54, 1.807) is 6.08 Å². The third kappa shape index (κ3) is 6.37. The molecule has 1 aliphatic rings. The second-order valence-corrected chi connectivity index (χ2v) is 8.99. The lowest BCUT2D eigenvalue weighted by Crippen LogP contribution is -2.39. The van der Waals surface area contributed by atoms with Gasteiger partial charge in [-0.1, -0.05) is 30.3 Å². The molecule has 2 amide bonds. The SMILES string of the molecule is N#CCCn1cc(/C=C/C(=O)Nc2ccc(CCN3CCC(C(N)=O)CC3)cc2)c2ccccc21. The van der Waals surface area contributed by atoms with Crippen LogP contribution in [0.2, 0.25) is 0 Å². The topological polar surface area (TPSA) is 104 Å². The molecule has 0 unspecified atom stereocenters. The lowest BCUT2D eigenvalue weighted by molar-refractivity contribution is -0.123. The Balaban J connectivity index is 1.30. The predicted molar refractivity (Wildman–Crippen MR) is 138 cm³/mol. The summed E-state index contributed by atoms with van der Waals surface area (Å²) in [4.78, 5) is 26.2. The van der Waals surface area contributed by atoms with Crippen molar-refractivity contribution in [2.75, 3.05) is 25.0 Å². The summed E-state index contributed by atoms with van der Waals surface area (Å²) in [7, 11) is 0. The highest BCUT2D eigenvalue weighted by Crippen LogP contribution is 2.23. The van der Waals surface area contributed by atoms with Crippen LogP contribution < -0.4 is 11.1 Å². The van der Waals surface area contributed by atoms with Crippen molar-refractivity contribution in [2.45, 2.75) is 32.2 Å². The van der Waals surface area contributed by atoms with Crippen molar-refractivity contribution in [1.82, 2.24) is 9.47 Å². The Hall–Kier alpha value is -3.89. The quantitative estimate of drug-likeness (QED) is 0.463. The molecule has 4 rings (SSSR count). The molecule has 1 fully saturated rings. The summed E-state index contributed by atoms with van der Waals surface area (Å²) < 4.78 is 2.05. The number of piperidine rings is 1. The molecule has 180 valence electrons. The van der Waals surface area contributed by atoms with E-state index in [0.717, 1.165) is 61.1 Å². The third-order valence-electron chi connectivity index (χ3n) is 6.63. The number of nitrogens with zero attached hydrogens (tertiary/aromatic N) is 3. The third-order valence-corrected chi connectivity index (χ3v) is 6.63. The van der Waals surface area contributed by atoms with Gasteiger partial charge in [-0.3, -0.25) is 9.59 Å². The molecule has 7 nitrogen and oxygen atoms in total. The molecule has 0 spiro atoms. The summed E-state index contributed by atoms with van der Waals surface area (Å²) in [6.45, 7) is 3.38. The van der Waals surface area contributed by atoms with Crippen molar-refractivity contribution in [2.24, 2.45) is 11.7 Å². The first-order valence-electron chi connectivity index (χ1n) is 12.1. The number of primary amides is 1. The summed E-state index contributed by atoms with van der Waals surface area (Å²) >= 11 is 0. The fraction of sp³-hybridized carbons (Fsp3) is 0.321. The molecule has 1 saturated heterocycles. The second-order valence-electron chi connectivity index (χ2n) is 8.99. The zero-order valence-electron chi connectivity index (χ0n) is 19.8. The van der Waals surface area contributed by atoms with Crippen molar-refractivity contribution in [3.63, 3.8) is 0 Å². The van der Waals surface area contributed by atoms with Crippen molar-refractivity contribution < 1.29 is 9.59 Å². The molecule has 3 N–H and O–H groups in total. The standard InChI is InChI=1S/C28H31N5O2/c29-15-3-16-33-20-23(25-4-1-2-5-26(25)33)8-11-27(34)31-24-9-6-21(7-10-24)12-17-32-18-13-22(14-19-32)28(30)35/h1-2,4-11,20,22H,3,12-14,16-19H2,(H2,30,35)(H,31,34)/b11-8+. The van der Waals surface area contributed by atoms with E-state index in [1.165, 1.54) is 5.56 Å². The molecule has 0 bridgehead atoms. The van der Waals surface area contributed by atoms with E-state index in [4.69, 9.17) is 11.0 Å². The van der Waals surface area contributed by atoms with Crippen LogP contribution in [0.25, 0.3) is 17.0 Å². The van der Waals surface area contributed by atoms with E-state index >= 15 is 0 Å². The van der Waals surface area contributed by atoms with Crippen LogP contribution in [0.15, 0.2) is 60.8 Å². The van der Waals surface area contributed by atoms with Gasteiger partial charge in [-0.15, -0.1) is 0 Å². The molecular formula is C28H31N5O2. The second kappa shape index (κ2) is 11.5. The molecular weight excluding hydrogens is 438 g/mol. The number of nitriles is 1. The number of aryl methyl sites for hydroxylation is 1. The average Bonchev–Trinajstić information content (AvgIpc) is 3.23. The van der Waals surface area contributed by atoms with Crippen LogP contribution in [0, 0.1) is 17.2 Å². The zero-order valence-corrected chi connectivity index (χ0v) is 19.8. The van der Waals surface area contributed by atoms with Crippen LogP contribution >= 0.6 is 0 Å². The van der Waals surface area contributed by atoms with E-state index < -0.39 is 0 Å². The molecule has 2 aromatic carbocycles. The van der Waals surface area contributed by atoms with E-state index in [-0.39, 0.29) is 17.7 Å². The highest BCUT2D eigenvalue weighted by Gasteiger charge is 2.22. The number of hydrogen-bond acceptors (Lipinski definition) is 4. The molecule has 0 saturated carbocycles. The summed E-state index contributed by atoms with van der Waals surface area (Å²) in [5, 5.41) is 12.9. The number of nitrogens with one attached hydrogen (secondary N) is 1. The van der Waals surface area contributed by atoms with Gasteiger partial charge in [-0.25, -0.2) is 0 Å². The summed E-state index contributed by atoms with van der Waals surface area (Å²) in [5.74, 6) is -0.353. The van der Waals surface area contributed by atoms with Gasteiger partial charge < -0.3 is 20.5 Å². The summed E-state index contributed by atoms with van der Waals surface area (Å²) in [6, 6.07) is 18.1. The van der Waals surface area contributed by atoms with Gasteiger partial charge >= 0.3 is 0 Å². The van der Waals surface area contributed by atoms with Crippen LogP contribution in [0.3, 0.4) is 0 Å². The maximum atomic E-state index is 12.5. The summed E-state index contributed by atoms with van der Waals surface area (Å²) in [6.07, 6.45) is 8.38. The Morgan fingerprint density at radius 1 is 1.09 bits per heavy atom. The molecule has 2 heterocycles. The van der Waals surface area contributed by atoms with Gasteiger partial charge in [0.2, 0.25) is 11.8 Å². The Bertz CT molecular complexity index is 1240. The lowest BCUT2D eigenvalue weighted by atomic mass is 9.96. The van der Waals surface area contributed by atoms with Crippen LogP contribution in [-0.2, 0) is 22.6 Å². The Kier molecular flexibility index (Phi) is 7.96. The van der Waals surface area contributed by atoms with Gasteiger partial charge in [0.25, 0.3) is 0 Å². The van der Waals surface area contributed by atoms with Gasteiger partial charge in [0.1, 0.15) is 0 Å². The van der Waals surface area contributed by atoms with Gasteiger partial charge in [0, 0.05) is 53.4 Å². The number of aromatic nitrogens is 1. The Labute approximate surface area is 205 Å². The predicted octanol–water partition coefficient (Wildman–Crippen LogP) is 3.95. The van der Waals surface area contributed by atoms with E-state index in [2.05, 4.69) is 20.9 Å². The molecule has 0 radical (unpaired) electrons. The van der Waals surface area contributed by atoms with E-state index in [9.17, 15) is 9.59 Å². The number of anilines is 1. The number of fused-ring (bicyclic) bond motifs is 1. The number of hydrogen-bond donors (Lipinski definition) is 2. The van der Waals surface area contributed by atoms with Gasteiger partial charge in [0.15, 0.2) is 0 Å². The minimum absolute atomic E-state index is 0.0189. The van der Waals surface area contributed by atoms with Gasteiger partial charge in [0.05, 0.1) is 12.5 Å². The maximum Gasteiger partial charge on any atom is 0.248 e. The lowest BCUT2D eigenvalue weighted by Gasteiger charge is -2.30. The van der Waals surface area contributed by atoms with Gasteiger partial charge in [-0.2, -0.15) is 5.26 Å². The van der Waals surface area contributed by atoms with Crippen LogP contribution in [0.5, 0.6) is 0 Å². The monoisotopic (exact) mass is 469 g/mol. The van der Waals surface area contributed by atoms with Crippen LogP contribution in [0.1, 0.15) is 30.4 Å². The minimum atomic E-state index is -0.191. The normalized spacial score (nSPS) is 14.8. The molecule has 0 atom stereocenters. The number of para-hydroxylation sites is 1. The van der Waals surface area contributed by atoms with Crippen molar-refractivity contribution in [3.05, 3.63) is 71.9 Å². The number of carbonyl (C=O) groups is 2. The van der Waals surface area contributed by atoms with Crippen molar-refractivity contribution >= 4 is 34.5 Å². The Morgan fingerprint density at radius 3 is 2.54 bits per heavy atom. The molecule has 0 aliphatic carbocycles. The van der Waals surface area contributed by atoms with Crippen LogP contribution in [-0.4, -0.2) is 40.9 Å². The molecule has 35 heavy (non-hydrogen) atoms. The number of benzene rings is 2.